The molecule has 0 unspecified atom stereocenters. The number of aromatic nitrogens is 3. The van der Waals surface area contributed by atoms with Crippen molar-refractivity contribution in [3.8, 4) is 10.6 Å². The van der Waals surface area contributed by atoms with Crippen LogP contribution in [0.15, 0.2) is 53.9 Å². The molecule has 0 radical (unpaired) electrons. The third kappa shape index (κ3) is 3.49. The maximum atomic E-state index is 12.1. The van der Waals surface area contributed by atoms with Crippen LogP contribution >= 0.6 is 11.3 Å². The molecule has 0 atom stereocenters. The summed E-state index contributed by atoms with van der Waals surface area (Å²) in [6.07, 6.45) is 3.33. The first-order chi connectivity index (χ1) is 11.3. The Labute approximate surface area is 134 Å². The lowest BCUT2D eigenvalue weighted by molar-refractivity contribution is 0.102. The number of rotatable bonds is 4. The molecule has 0 spiro atoms. The highest BCUT2D eigenvalue weighted by atomic mass is 32.1. The molecule has 1 amide bonds. The average molecular weight is 323 g/mol. The van der Waals surface area contributed by atoms with Crippen LogP contribution in [0, 0.1) is 0 Å². The molecule has 1 aromatic carbocycles. The molecule has 0 aliphatic heterocycles. The van der Waals surface area contributed by atoms with Crippen LogP contribution in [0.4, 0.5) is 10.8 Å². The Morgan fingerprint density at radius 2 is 1.87 bits per heavy atom. The highest BCUT2D eigenvalue weighted by Crippen LogP contribution is 2.26. The second-order valence-electron chi connectivity index (χ2n) is 4.34. The van der Waals surface area contributed by atoms with E-state index in [9.17, 15) is 4.79 Å². The van der Waals surface area contributed by atoms with Crippen molar-refractivity contribution in [3.63, 3.8) is 0 Å². The summed E-state index contributed by atoms with van der Waals surface area (Å²) < 4.78 is 0. The Morgan fingerprint density at radius 3 is 2.57 bits per heavy atom. The Bertz CT molecular complexity index is 870. The van der Waals surface area contributed by atoms with Gasteiger partial charge < -0.3 is 0 Å². The van der Waals surface area contributed by atoms with Crippen molar-refractivity contribution in [1.29, 1.82) is 0 Å². The van der Waals surface area contributed by atoms with Crippen molar-refractivity contribution < 1.29 is 4.79 Å². The van der Waals surface area contributed by atoms with E-state index in [1.807, 2.05) is 12.1 Å². The minimum atomic E-state index is -0.310. The van der Waals surface area contributed by atoms with Crippen LogP contribution in [0.1, 0.15) is 10.4 Å². The fraction of sp³-hybridized carbons (Fsp3) is 0. The largest absolute Gasteiger partial charge is 0.296 e. The Morgan fingerprint density at radius 1 is 1.13 bits per heavy atom. The molecule has 3 rings (SSSR count). The maximum absolute atomic E-state index is 12.1. The molecule has 1 N–H and O–H groups in total. The molecule has 0 aliphatic rings. The molecule has 9 heteroatoms. The van der Waals surface area contributed by atoms with Gasteiger partial charge in [0.25, 0.3) is 5.91 Å². The van der Waals surface area contributed by atoms with Gasteiger partial charge in [0.1, 0.15) is 5.01 Å². The van der Waals surface area contributed by atoms with Crippen LogP contribution in [0.2, 0.25) is 0 Å². The van der Waals surface area contributed by atoms with E-state index >= 15 is 0 Å². The summed E-state index contributed by atoms with van der Waals surface area (Å²) in [5.74, 6) is -0.310. The number of pyridine rings is 1. The third-order valence-electron chi connectivity index (χ3n) is 2.86. The molecular weight excluding hydrogens is 314 g/mol. The zero-order valence-electron chi connectivity index (χ0n) is 11.6. The first-order valence-electron chi connectivity index (χ1n) is 6.46. The zero-order chi connectivity index (χ0) is 16.1. The van der Waals surface area contributed by atoms with Crippen LogP contribution in [-0.4, -0.2) is 21.1 Å². The SMILES string of the molecule is [N-]=[N+]=Nc1ccc(C(=O)Nc2nnc(-c3ccncc3)s2)cc1. The van der Waals surface area contributed by atoms with Gasteiger partial charge in [0.05, 0.1) is 0 Å². The number of carbonyl (C=O) groups excluding carboxylic acids is 1. The quantitative estimate of drug-likeness (QED) is 0.446. The Balaban J connectivity index is 1.73. The van der Waals surface area contributed by atoms with Gasteiger partial charge in [0.2, 0.25) is 5.13 Å². The summed E-state index contributed by atoms with van der Waals surface area (Å²) in [4.78, 5) is 18.8. The summed E-state index contributed by atoms with van der Waals surface area (Å²) in [5.41, 5.74) is 10.1. The molecule has 112 valence electrons. The van der Waals surface area contributed by atoms with Crippen molar-refractivity contribution in [2.75, 3.05) is 5.32 Å². The molecule has 23 heavy (non-hydrogen) atoms. The molecule has 0 saturated heterocycles. The van der Waals surface area contributed by atoms with Gasteiger partial charge in [-0.2, -0.15) is 0 Å². The van der Waals surface area contributed by atoms with Crippen molar-refractivity contribution in [2.24, 2.45) is 5.11 Å². The smallest absolute Gasteiger partial charge is 0.257 e. The van der Waals surface area contributed by atoms with Gasteiger partial charge in [0.15, 0.2) is 0 Å². The van der Waals surface area contributed by atoms with E-state index in [0.29, 0.717) is 21.4 Å². The molecule has 0 aliphatic carbocycles. The van der Waals surface area contributed by atoms with Crippen molar-refractivity contribution in [3.05, 3.63) is 64.8 Å². The minimum Gasteiger partial charge on any atom is -0.296 e. The predicted molar refractivity (Wildman–Crippen MR) is 86.3 cm³/mol. The summed E-state index contributed by atoms with van der Waals surface area (Å²) in [6.45, 7) is 0. The highest BCUT2D eigenvalue weighted by Gasteiger charge is 2.11. The van der Waals surface area contributed by atoms with Gasteiger partial charge in [0, 0.05) is 34.1 Å². The second kappa shape index (κ2) is 6.65. The van der Waals surface area contributed by atoms with E-state index in [2.05, 4.69) is 30.5 Å². The number of hydrogen-bond acceptors (Lipinski definition) is 6. The van der Waals surface area contributed by atoms with E-state index in [-0.39, 0.29) is 5.91 Å². The molecule has 0 bridgehead atoms. The van der Waals surface area contributed by atoms with Gasteiger partial charge in [-0.3, -0.25) is 15.1 Å². The lowest BCUT2D eigenvalue weighted by Crippen LogP contribution is -2.11. The molecular formula is C14H9N7OS. The fourth-order valence-corrected chi connectivity index (χ4v) is 2.53. The van der Waals surface area contributed by atoms with Crippen molar-refractivity contribution in [1.82, 2.24) is 15.2 Å². The summed E-state index contributed by atoms with van der Waals surface area (Å²) in [6, 6.07) is 9.92. The predicted octanol–water partition coefficient (Wildman–Crippen LogP) is 3.79. The number of anilines is 1. The van der Waals surface area contributed by atoms with Crippen LogP contribution in [0.5, 0.6) is 0 Å². The lowest BCUT2D eigenvalue weighted by Gasteiger charge is -2.01. The Kier molecular flexibility index (Phi) is 4.23. The lowest BCUT2D eigenvalue weighted by atomic mass is 10.2. The van der Waals surface area contributed by atoms with E-state index in [0.717, 1.165) is 5.56 Å². The van der Waals surface area contributed by atoms with Crippen LogP contribution in [0.25, 0.3) is 21.0 Å². The zero-order valence-corrected chi connectivity index (χ0v) is 12.4. The van der Waals surface area contributed by atoms with Gasteiger partial charge in [-0.1, -0.05) is 28.6 Å². The molecule has 2 aromatic heterocycles. The van der Waals surface area contributed by atoms with E-state index < -0.39 is 0 Å². The van der Waals surface area contributed by atoms with E-state index in [1.54, 1.807) is 36.7 Å². The standard InChI is InChI=1S/C14H9N7OS/c15-21-18-11-3-1-9(2-4-11)12(22)17-14-20-19-13(23-14)10-5-7-16-8-6-10/h1-8H,(H,17,20,22). The number of carbonyl (C=O) groups is 1. The first-order valence-corrected chi connectivity index (χ1v) is 7.28. The second-order valence-corrected chi connectivity index (χ2v) is 5.32. The molecule has 0 saturated carbocycles. The number of benzene rings is 1. The van der Waals surface area contributed by atoms with Crippen molar-refractivity contribution >= 4 is 28.1 Å². The van der Waals surface area contributed by atoms with Gasteiger partial charge in [-0.05, 0) is 29.8 Å². The Hall–Kier alpha value is -3.29. The first kappa shape index (κ1) is 14.6. The molecule has 2 heterocycles. The van der Waals surface area contributed by atoms with E-state index in [4.69, 9.17) is 5.53 Å². The third-order valence-corrected chi connectivity index (χ3v) is 3.75. The molecule has 8 nitrogen and oxygen atoms in total. The van der Waals surface area contributed by atoms with Gasteiger partial charge in [-0.25, -0.2) is 0 Å². The van der Waals surface area contributed by atoms with Gasteiger partial charge >= 0.3 is 0 Å². The fourth-order valence-electron chi connectivity index (χ4n) is 1.79. The molecule has 3 aromatic rings. The van der Waals surface area contributed by atoms with Crippen LogP contribution < -0.4 is 5.32 Å². The topological polar surface area (TPSA) is 117 Å². The van der Waals surface area contributed by atoms with Crippen LogP contribution in [-0.2, 0) is 0 Å². The minimum absolute atomic E-state index is 0.310. The normalized spacial score (nSPS) is 9.91. The average Bonchev–Trinajstić information content (AvgIpc) is 3.05. The van der Waals surface area contributed by atoms with Crippen LogP contribution in [0.3, 0.4) is 0 Å². The summed E-state index contributed by atoms with van der Waals surface area (Å²) >= 11 is 1.27. The van der Waals surface area contributed by atoms with Gasteiger partial charge in [-0.15, -0.1) is 10.2 Å². The number of nitrogens with zero attached hydrogens (tertiary/aromatic N) is 6. The number of hydrogen-bond donors (Lipinski definition) is 1. The monoisotopic (exact) mass is 323 g/mol. The number of azide groups is 1. The summed E-state index contributed by atoms with van der Waals surface area (Å²) in [7, 11) is 0. The highest BCUT2D eigenvalue weighted by molar-refractivity contribution is 7.18. The number of nitrogens with one attached hydrogen (secondary N) is 1. The number of amides is 1. The summed E-state index contributed by atoms with van der Waals surface area (Å²) in [5, 5.41) is 15.2. The van der Waals surface area contributed by atoms with Crippen molar-refractivity contribution in [2.45, 2.75) is 0 Å². The maximum Gasteiger partial charge on any atom is 0.257 e. The molecule has 0 fully saturated rings. The van der Waals surface area contributed by atoms with E-state index in [1.165, 1.54) is 11.3 Å².